The van der Waals surface area contributed by atoms with Gasteiger partial charge in [-0.25, -0.2) is 0 Å². The molecule has 0 aromatic rings. The monoisotopic (exact) mass is 138 g/mol. The molecule has 0 bridgehead atoms. The van der Waals surface area contributed by atoms with Gasteiger partial charge in [0.05, 0.1) is 0 Å². The molecular weight excluding hydrogens is 129 g/mol. The molecule has 0 unspecified atom stereocenters. The Morgan fingerprint density at radius 1 is 1.17 bits per heavy atom. The Kier molecular flexibility index (Phi) is 14.9. The van der Waals surface area contributed by atoms with E-state index in [0.29, 0.717) is 0 Å². The van der Waals surface area contributed by atoms with Crippen LogP contribution in [0.2, 0.25) is 0 Å². The van der Waals surface area contributed by atoms with Gasteiger partial charge in [0.15, 0.2) is 0 Å². The average Bonchev–Trinajstić information content (AvgIpc) is 1.41. The van der Waals surface area contributed by atoms with Crippen LogP contribution in [0.3, 0.4) is 0 Å². The van der Waals surface area contributed by atoms with Crippen molar-refractivity contribution in [2.24, 2.45) is 0 Å². The van der Waals surface area contributed by atoms with Crippen LogP contribution in [0.4, 0.5) is 0 Å². The Bertz CT molecular complexity index is 15.0. The molecule has 0 heterocycles. The molecule has 2 heteroatoms. The third-order valence-corrected chi connectivity index (χ3v) is 0.408. The van der Waals surface area contributed by atoms with Crippen LogP contribution in [0.1, 0.15) is 13.8 Å². The summed E-state index contributed by atoms with van der Waals surface area (Å²) in [5.74, 6) is 0. The van der Waals surface area contributed by atoms with Gasteiger partial charge in [-0.15, -0.1) is 0 Å². The largest absolute Gasteiger partial charge is 0.382 e. The van der Waals surface area contributed by atoms with Crippen LogP contribution in [0.15, 0.2) is 0 Å². The van der Waals surface area contributed by atoms with Crippen molar-refractivity contribution in [2.45, 2.75) is 13.8 Å². The molecule has 0 saturated heterocycles. The standard InChI is InChI=1S/C4H10O.Zn/c1-3-5-4-2;/h3-4H2,1-2H3;. The molecule has 0 spiro atoms. The Morgan fingerprint density at radius 3 is 1.50 bits per heavy atom. The minimum atomic E-state index is 0. The Hall–Kier alpha value is 0.583. The van der Waals surface area contributed by atoms with Gasteiger partial charge in [0.2, 0.25) is 0 Å². The molecule has 0 aromatic heterocycles. The zero-order valence-electron chi connectivity index (χ0n) is 4.53. The molecule has 0 rings (SSSR count). The first-order valence-corrected chi connectivity index (χ1v) is 1.99. The molecule has 0 aliphatic heterocycles. The molecule has 0 amide bonds. The summed E-state index contributed by atoms with van der Waals surface area (Å²) in [6.45, 7) is 5.67. The zero-order chi connectivity index (χ0) is 4.12. The van der Waals surface area contributed by atoms with Crippen LogP contribution in [0, 0.1) is 0 Å². The van der Waals surface area contributed by atoms with Crippen molar-refractivity contribution in [3.05, 3.63) is 0 Å². The van der Waals surface area contributed by atoms with Crippen molar-refractivity contribution >= 4 is 0 Å². The van der Waals surface area contributed by atoms with Crippen molar-refractivity contribution in [2.75, 3.05) is 13.2 Å². The maximum atomic E-state index is 4.83. The van der Waals surface area contributed by atoms with Crippen molar-refractivity contribution in [3.63, 3.8) is 0 Å². The van der Waals surface area contributed by atoms with E-state index in [0.717, 1.165) is 13.2 Å². The normalized spacial score (nSPS) is 7.00. The summed E-state index contributed by atoms with van der Waals surface area (Å²) in [4.78, 5) is 0. The molecule has 1 nitrogen and oxygen atoms in total. The Morgan fingerprint density at radius 2 is 1.50 bits per heavy atom. The predicted octanol–water partition coefficient (Wildman–Crippen LogP) is 1.04. The number of ether oxygens (including phenoxy) is 1. The summed E-state index contributed by atoms with van der Waals surface area (Å²) < 4.78 is 4.83. The fourth-order valence-electron chi connectivity index (χ4n) is 0.204. The van der Waals surface area contributed by atoms with E-state index in [1.54, 1.807) is 0 Å². The summed E-state index contributed by atoms with van der Waals surface area (Å²) in [6, 6.07) is 0. The van der Waals surface area contributed by atoms with E-state index in [1.807, 2.05) is 13.8 Å². The molecule has 0 saturated carbocycles. The van der Waals surface area contributed by atoms with E-state index >= 15 is 0 Å². The first-order chi connectivity index (χ1) is 2.41. The quantitative estimate of drug-likeness (QED) is 0.520. The van der Waals surface area contributed by atoms with Crippen molar-refractivity contribution in [1.29, 1.82) is 0 Å². The average molecular weight is 140 g/mol. The van der Waals surface area contributed by atoms with Crippen LogP contribution in [-0.4, -0.2) is 13.2 Å². The second-order valence-electron chi connectivity index (χ2n) is 0.781. The van der Waals surface area contributed by atoms with Crippen molar-refractivity contribution < 1.29 is 24.2 Å². The molecule has 0 atom stereocenters. The molecule has 0 aliphatic carbocycles. The van der Waals surface area contributed by atoms with Gasteiger partial charge in [0.1, 0.15) is 0 Å². The second-order valence-corrected chi connectivity index (χ2v) is 0.781. The van der Waals surface area contributed by atoms with Crippen LogP contribution in [-0.2, 0) is 24.2 Å². The topological polar surface area (TPSA) is 9.23 Å². The van der Waals surface area contributed by atoms with Gasteiger partial charge >= 0.3 is 0 Å². The molecular formula is C4H10OZn. The van der Waals surface area contributed by atoms with Gasteiger partial charge in [-0.2, -0.15) is 0 Å². The molecule has 0 radical (unpaired) electrons. The van der Waals surface area contributed by atoms with E-state index in [1.165, 1.54) is 0 Å². The molecule has 0 N–H and O–H groups in total. The molecule has 0 aromatic carbocycles. The van der Waals surface area contributed by atoms with E-state index < -0.39 is 0 Å². The zero-order valence-corrected chi connectivity index (χ0v) is 7.50. The first kappa shape index (κ1) is 9.77. The molecule has 0 fully saturated rings. The van der Waals surface area contributed by atoms with Crippen molar-refractivity contribution in [3.8, 4) is 0 Å². The third kappa shape index (κ3) is 8.82. The smallest absolute Gasteiger partial charge is 0.0437 e. The summed E-state index contributed by atoms with van der Waals surface area (Å²) in [5, 5.41) is 0. The number of rotatable bonds is 2. The Balaban J connectivity index is 0. The number of hydrogen-bond donors (Lipinski definition) is 0. The first-order valence-electron chi connectivity index (χ1n) is 1.99. The van der Waals surface area contributed by atoms with Gasteiger partial charge in [-0.1, -0.05) is 0 Å². The van der Waals surface area contributed by atoms with Crippen molar-refractivity contribution in [1.82, 2.24) is 0 Å². The maximum absolute atomic E-state index is 4.83. The van der Waals surface area contributed by atoms with Gasteiger partial charge in [0, 0.05) is 32.7 Å². The predicted molar refractivity (Wildman–Crippen MR) is 22.2 cm³/mol. The molecule has 0 aliphatic rings. The van der Waals surface area contributed by atoms with E-state index in [-0.39, 0.29) is 19.5 Å². The van der Waals surface area contributed by atoms with Gasteiger partial charge < -0.3 is 4.74 Å². The summed E-state index contributed by atoms with van der Waals surface area (Å²) >= 11 is 0. The van der Waals surface area contributed by atoms with E-state index in [9.17, 15) is 0 Å². The minimum Gasteiger partial charge on any atom is -0.382 e. The van der Waals surface area contributed by atoms with Crippen LogP contribution in [0.25, 0.3) is 0 Å². The minimum absolute atomic E-state index is 0. The van der Waals surface area contributed by atoms with Gasteiger partial charge in [0.25, 0.3) is 0 Å². The third-order valence-electron chi connectivity index (χ3n) is 0.408. The Labute approximate surface area is 51.8 Å². The van der Waals surface area contributed by atoms with E-state index in [2.05, 4.69) is 0 Å². The fourth-order valence-corrected chi connectivity index (χ4v) is 0.204. The van der Waals surface area contributed by atoms with E-state index in [4.69, 9.17) is 4.74 Å². The summed E-state index contributed by atoms with van der Waals surface area (Å²) in [5.41, 5.74) is 0. The molecule has 6 heavy (non-hydrogen) atoms. The SMILES string of the molecule is CCOCC.[Zn]. The van der Waals surface area contributed by atoms with Crippen LogP contribution < -0.4 is 0 Å². The second kappa shape index (κ2) is 9.13. The van der Waals surface area contributed by atoms with Gasteiger partial charge in [-0.05, 0) is 13.8 Å². The van der Waals surface area contributed by atoms with Gasteiger partial charge in [-0.3, -0.25) is 0 Å². The summed E-state index contributed by atoms with van der Waals surface area (Å²) in [7, 11) is 0. The van der Waals surface area contributed by atoms with Crippen LogP contribution in [0.5, 0.6) is 0 Å². The summed E-state index contributed by atoms with van der Waals surface area (Å²) in [6.07, 6.45) is 0. The molecule has 34 valence electrons. The number of hydrogen-bond acceptors (Lipinski definition) is 1. The maximum Gasteiger partial charge on any atom is 0.0437 e. The fraction of sp³-hybridized carbons (Fsp3) is 1.00. The van der Waals surface area contributed by atoms with Crippen LogP contribution >= 0.6 is 0 Å².